The first-order valence-electron chi connectivity index (χ1n) is 19.2. The number of aliphatic imine (C=N–C) groups is 1. The molecule has 3 atom stereocenters. The highest BCUT2D eigenvalue weighted by Gasteiger charge is 2.41. The van der Waals surface area contributed by atoms with Gasteiger partial charge >= 0.3 is 6.09 Å². The fourth-order valence-corrected chi connectivity index (χ4v) is 9.10. The van der Waals surface area contributed by atoms with Crippen LogP contribution in [0.5, 0.6) is 0 Å². The molecule has 282 valence electrons. The van der Waals surface area contributed by atoms with Crippen LogP contribution in [-0.2, 0) is 23.0 Å². The van der Waals surface area contributed by atoms with E-state index in [0.717, 1.165) is 93.9 Å². The third-order valence-corrected chi connectivity index (χ3v) is 11.9. The Kier molecular flexibility index (Phi) is 10.2. The lowest BCUT2D eigenvalue weighted by Crippen LogP contribution is -2.48. The van der Waals surface area contributed by atoms with E-state index in [0.29, 0.717) is 48.5 Å². The van der Waals surface area contributed by atoms with E-state index in [1.807, 2.05) is 36.6 Å². The molecule has 2 saturated heterocycles. The number of benzene rings is 1. The van der Waals surface area contributed by atoms with Crippen molar-refractivity contribution >= 4 is 23.5 Å². The van der Waals surface area contributed by atoms with Crippen LogP contribution in [0.25, 0.3) is 11.1 Å². The molecule has 10 nitrogen and oxygen atoms in total. The first-order chi connectivity index (χ1) is 24.8. The summed E-state index contributed by atoms with van der Waals surface area (Å²) in [7, 11) is 1.80. The highest BCUT2D eigenvalue weighted by atomic mass is 19.3. The van der Waals surface area contributed by atoms with Crippen LogP contribution in [0, 0.1) is 17.8 Å². The van der Waals surface area contributed by atoms with Crippen molar-refractivity contribution in [2.24, 2.45) is 29.8 Å². The van der Waals surface area contributed by atoms with Gasteiger partial charge in [0.05, 0.1) is 12.2 Å². The van der Waals surface area contributed by atoms with Gasteiger partial charge in [0.2, 0.25) is 5.91 Å². The van der Waals surface area contributed by atoms with Gasteiger partial charge < -0.3 is 24.3 Å². The van der Waals surface area contributed by atoms with Crippen LogP contribution in [0.15, 0.2) is 40.7 Å². The van der Waals surface area contributed by atoms with E-state index >= 15 is 0 Å². The summed E-state index contributed by atoms with van der Waals surface area (Å²) in [5.41, 5.74) is 5.04. The minimum Gasteiger partial charge on any atom is -0.444 e. The van der Waals surface area contributed by atoms with E-state index in [1.54, 1.807) is 37.1 Å². The molecular weight excluding hydrogens is 664 g/mol. The number of ether oxygens (including phenoxy) is 1. The number of likely N-dealkylation sites (tertiary alicyclic amines) is 2. The number of aryl methyl sites for hydroxylation is 2. The maximum atomic E-state index is 14.7. The minimum absolute atomic E-state index is 0.00853. The van der Waals surface area contributed by atoms with Crippen molar-refractivity contribution in [2.75, 3.05) is 57.3 Å². The number of nitrogens with zero attached hydrogens (tertiary/aromatic N) is 7. The lowest BCUT2D eigenvalue weighted by Gasteiger charge is -2.41. The Bertz CT molecular complexity index is 1740. The number of amides is 2. The molecule has 5 aliphatic heterocycles. The number of aromatic nitrogens is 2. The SMILES string of the molecule is CC(=O)N1CCC2=C(C1)C(N1CCCc3cc(-c4cnn(C)c4)c(C(F)F)cc31)=NC2C1CCN(CC2CCN(C(=O)OC(C)(C)C)C[C@@H]2C)CC1. The quantitative estimate of drug-likeness (QED) is 0.342. The smallest absolute Gasteiger partial charge is 0.410 e. The number of anilines is 1. The lowest BCUT2D eigenvalue weighted by atomic mass is 9.81. The van der Waals surface area contributed by atoms with E-state index in [4.69, 9.17) is 9.73 Å². The zero-order chi connectivity index (χ0) is 36.9. The largest absolute Gasteiger partial charge is 0.444 e. The van der Waals surface area contributed by atoms with Gasteiger partial charge in [0.1, 0.15) is 11.4 Å². The Labute approximate surface area is 306 Å². The van der Waals surface area contributed by atoms with Crippen molar-refractivity contribution in [1.29, 1.82) is 0 Å². The molecule has 5 aliphatic rings. The molecule has 0 N–H and O–H groups in total. The lowest BCUT2D eigenvalue weighted by molar-refractivity contribution is -0.128. The first kappa shape index (κ1) is 36.6. The third kappa shape index (κ3) is 7.50. The van der Waals surface area contributed by atoms with Crippen LogP contribution in [0.3, 0.4) is 0 Å². The maximum absolute atomic E-state index is 14.7. The molecule has 0 saturated carbocycles. The first-order valence-corrected chi connectivity index (χ1v) is 19.2. The number of halogens is 2. The molecule has 7 rings (SSSR count). The summed E-state index contributed by atoms with van der Waals surface area (Å²) in [5, 5.41) is 4.24. The topological polar surface area (TPSA) is 86.5 Å². The van der Waals surface area contributed by atoms with E-state index in [9.17, 15) is 18.4 Å². The number of carbonyl (C=O) groups is 2. The van der Waals surface area contributed by atoms with Crippen molar-refractivity contribution in [2.45, 2.75) is 91.2 Å². The Morgan fingerprint density at radius 1 is 1.02 bits per heavy atom. The molecule has 1 aromatic heterocycles. The average Bonchev–Trinajstić information content (AvgIpc) is 3.71. The molecular formula is C40H55F2N7O3. The fraction of sp³-hybridized carbons (Fsp3) is 0.650. The summed E-state index contributed by atoms with van der Waals surface area (Å²) in [6, 6.07) is 3.66. The standard InChI is InChI=1S/C40H55F2N7O3/c1-25-21-48(39(51)52-40(3,4)5)16-11-29(25)23-46-14-9-27(10-15-46)36-31-12-17-47(26(2)50)24-34(31)38(44-36)49-13-7-8-28-18-32(30-20-43-45(6)22-30)33(37(41)42)19-35(28)49/h18-20,22,25,27,29,36-37H,7-17,21,23-24H2,1-6H3/t25-,29?,36?/m0/s1. The number of fused-ring (bicyclic) bond motifs is 1. The van der Waals surface area contributed by atoms with Gasteiger partial charge in [-0.15, -0.1) is 0 Å². The van der Waals surface area contributed by atoms with Crippen LogP contribution in [0.1, 0.15) is 84.3 Å². The molecule has 52 heavy (non-hydrogen) atoms. The Balaban J connectivity index is 1.08. The van der Waals surface area contributed by atoms with Gasteiger partial charge in [0.25, 0.3) is 6.43 Å². The number of alkyl halides is 2. The predicted octanol–water partition coefficient (Wildman–Crippen LogP) is 6.71. The molecule has 1 aromatic carbocycles. The average molecular weight is 720 g/mol. The number of hydrogen-bond donors (Lipinski definition) is 0. The molecule has 2 amide bonds. The van der Waals surface area contributed by atoms with Crippen molar-refractivity contribution in [3.63, 3.8) is 0 Å². The molecule has 0 aliphatic carbocycles. The van der Waals surface area contributed by atoms with E-state index in [2.05, 4.69) is 21.8 Å². The van der Waals surface area contributed by atoms with Crippen molar-refractivity contribution in [3.8, 4) is 11.1 Å². The fourth-order valence-electron chi connectivity index (χ4n) is 9.10. The number of piperidine rings is 2. The second-order valence-corrected chi connectivity index (χ2v) is 16.7. The van der Waals surface area contributed by atoms with Crippen LogP contribution in [0.2, 0.25) is 0 Å². The molecule has 2 fully saturated rings. The third-order valence-electron chi connectivity index (χ3n) is 11.9. The van der Waals surface area contributed by atoms with Crippen LogP contribution < -0.4 is 4.90 Å². The molecule has 2 aromatic rings. The summed E-state index contributed by atoms with van der Waals surface area (Å²) in [4.78, 5) is 39.3. The molecule has 12 heteroatoms. The maximum Gasteiger partial charge on any atom is 0.410 e. The molecule has 0 spiro atoms. The second kappa shape index (κ2) is 14.6. The summed E-state index contributed by atoms with van der Waals surface area (Å²) in [6.45, 7) is 16.0. The molecule has 6 heterocycles. The van der Waals surface area contributed by atoms with E-state index in [-0.39, 0.29) is 23.6 Å². The van der Waals surface area contributed by atoms with E-state index in [1.165, 1.54) is 5.57 Å². The molecule has 0 bridgehead atoms. The monoisotopic (exact) mass is 719 g/mol. The van der Waals surface area contributed by atoms with E-state index < -0.39 is 12.0 Å². The summed E-state index contributed by atoms with van der Waals surface area (Å²) < 4.78 is 36.6. The molecule has 2 unspecified atom stereocenters. The molecule has 0 radical (unpaired) electrons. The van der Waals surface area contributed by atoms with Crippen LogP contribution in [-0.4, -0.2) is 106 Å². The number of carbonyl (C=O) groups excluding carboxylic acids is 2. The zero-order valence-electron chi connectivity index (χ0n) is 31.7. The summed E-state index contributed by atoms with van der Waals surface area (Å²) >= 11 is 0. The second-order valence-electron chi connectivity index (χ2n) is 16.7. The summed E-state index contributed by atoms with van der Waals surface area (Å²) in [6.07, 6.45) is 6.15. The van der Waals surface area contributed by atoms with Crippen LogP contribution in [0.4, 0.5) is 19.3 Å². The highest BCUT2D eigenvalue weighted by molar-refractivity contribution is 6.13. The Hall–Kier alpha value is -3.80. The van der Waals surface area contributed by atoms with Gasteiger partial charge in [-0.25, -0.2) is 13.6 Å². The van der Waals surface area contributed by atoms with Gasteiger partial charge in [0, 0.05) is 81.8 Å². The minimum atomic E-state index is -2.63. The normalized spacial score (nSPS) is 24.7. The van der Waals surface area contributed by atoms with Gasteiger partial charge in [0.15, 0.2) is 0 Å². The van der Waals surface area contributed by atoms with Crippen molar-refractivity contribution in [1.82, 2.24) is 24.5 Å². The number of hydrogen-bond acceptors (Lipinski definition) is 7. The highest BCUT2D eigenvalue weighted by Crippen LogP contribution is 2.43. The number of amidine groups is 1. The zero-order valence-corrected chi connectivity index (χ0v) is 31.7. The Morgan fingerprint density at radius 3 is 2.44 bits per heavy atom. The van der Waals surface area contributed by atoms with Crippen molar-refractivity contribution in [3.05, 3.63) is 46.8 Å². The van der Waals surface area contributed by atoms with Gasteiger partial charge in [-0.1, -0.05) is 6.92 Å². The van der Waals surface area contributed by atoms with Crippen LogP contribution >= 0.6 is 0 Å². The van der Waals surface area contributed by atoms with Gasteiger partial charge in [-0.05, 0) is 119 Å². The number of rotatable bonds is 5. The van der Waals surface area contributed by atoms with Gasteiger partial charge in [-0.2, -0.15) is 5.10 Å². The predicted molar refractivity (Wildman–Crippen MR) is 199 cm³/mol. The Morgan fingerprint density at radius 2 is 1.79 bits per heavy atom. The summed E-state index contributed by atoms with van der Waals surface area (Å²) in [5.74, 6) is 2.25. The van der Waals surface area contributed by atoms with Gasteiger partial charge in [-0.3, -0.25) is 14.5 Å². The van der Waals surface area contributed by atoms with Crippen molar-refractivity contribution < 1.29 is 23.1 Å².